The first-order valence-electron chi connectivity index (χ1n) is 8.00. The molecule has 25 heavy (non-hydrogen) atoms. The first-order valence-corrected chi connectivity index (χ1v) is 8.00. The van der Waals surface area contributed by atoms with E-state index >= 15 is 0 Å². The lowest BCUT2D eigenvalue weighted by atomic mass is 10.1. The van der Waals surface area contributed by atoms with Gasteiger partial charge in [-0.15, -0.1) is 0 Å². The van der Waals surface area contributed by atoms with Crippen molar-refractivity contribution >= 4 is 12.0 Å². The molecule has 4 heteroatoms. The second-order valence-electron chi connectivity index (χ2n) is 5.67. The molecule has 0 aliphatic heterocycles. The molecule has 0 saturated heterocycles. The number of carbonyl (C=O) groups is 1. The molecule has 0 spiro atoms. The number of aryl methyl sites for hydroxylation is 1. The van der Waals surface area contributed by atoms with Gasteiger partial charge in [-0.3, -0.25) is 4.79 Å². The lowest BCUT2D eigenvalue weighted by molar-refractivity contribution is -0.105. The fourth-order valence-electron chi connectivity index (χ4n) is 2.43. The molecule has 0 aliphatic rings. The summed E-state index contributed by atoms with van der Waals surface area (Å²) < 4.78 is 10.6. The van der Waals surface area contributed by atoms with Crippen LogP contribution in [0.4, 0.5) is 5.69 Å². The van der Waals surface area contributed by atoms with Gasteiger partial charge in [0.25, 0.3) is 0 Å². The van der Waals surface area contributed by atoms with Gasteiger partial charge in [-0.2, -0.15) is 0 Å². The van der Waals surface area contributed by atoms with Crippen LogP contribution in [0.25, 0.3) is 0 Å². The molecule has 0 aliphatic carbocycles. The summed E-state index contributed by atoms with van der Waals surface area (Å²) in [6, 6.07) is 11.5. The minimum Gasteiger partial charge on any atom is -0.497 e. The molecule has 0 aromatic heterocycles. The Balaban J connectivity index is 2.21. The van der Waals surface area contributed by atoms with Gasteiger partial charge in [-0.05, 0) is 48.7 Å². The number of hydrogen-bond acceptors (Lipinski definition) is 4. The van der Waals surface area contributed by atoms with E-state index in [2.05, 4.69) is 11.9 Å². The van der Waals surface area contributed by atoms with Crippen molar-refractivity contribution in [2.45, 2.75) is 20.3 Å². The number of carbonyl (C=O) groups excluding carboxylic acids is 1. The van der Waals surface area contributed by atoms with Crippen LogP contribution in [0, 0.1) is 13.8 Å². The summed E-state index contributed by atoms with van der Waals surface area (Å²) >= 11 is 0. The third kappa shape index (κ3) is 4.73. The molecule has 0 heterocycles. The van der Waals surface area contributed by atoms with Crippen LogP contribution in [0.5, 0.6) is 11.5 Å². The summed E-state index contributed by atoms with van der Waals surface area (Å²) in [6.45, 7) is 7.63. The number of allylic oxidation sites excluding steroid dienone is 1. The number of methoxy groups -OCH3 is 1. The van der Waals surface area contributed by atoms with E-state index in [1.54, 1.807) is 13.3 Å². The average molecular weight is 337 g/mol. The molecule has 2 aromatic carbocycles. The average Bonchev–Trinajstić information content (AvgIpc) is 2.64. The maximum atomic E-state index is 11.4. The maximum absolute atomic E-state index is 11.4. The largest absolute Gasteiger partial charge is 0.497 e. The van der Waals surface area contributed by atoms with Crippen LogP contribution in [0.15, 0.2) is 61.0 Å². The van der Waals surface area contributed by atoms with Crippen molar-refractivity contribution in [3.63, 3.8) is 0 Å². The number of benzene rings is 2. The summed E-state index contributed by atoms with van der Waals surface area (Å²) in [5.74, 6) is 1.46. The van der Waals surface area contributed by atoms with E-state index in [4.69, 9.17) is 9.47 Å². The fourth-order valence-corrected chi connectivity index (χ4v) is 2.43. The molecular weight excluding hydrogens is 314 g/mol. The monoisotopic (exact) mass is 337 g/mol. The van der Waals surface area contributed by atoms with Crippen LogP contribution in [-0.2, 0) is 11.2 Å². The highest BCUT2D eigenvalue weighted by atomic mass is 16.5. The van der Waals surface area contributed by atoms with Gasteiger partial charge in [0.1, 0.15) is 17.8 Å². The highest BCUT2D eigenvalue weighted by Crippen LogP contribution is 2.31. The van der Waals surface area contributed by atoms with Gasteiger partial charge in [0, 0.05) is 18.2 Å². The van der Waals surface area contributed by atoms with Gasteiger partial charge in [0.2, 0.25) is 0 Å². The normalized spacial score (nSPS) is 10.9. The van der Waals surface area contributed by atoms with Crippen LogP contribution < -0.4 is 14.8 Å². The molecule has 130 valence electrons. The molecule has 0 atom stereocenters. The number of aldehydes is 1. The number of anilines is 1. The molecule has 2 aromatic rings. The first kappa shape index (κ1) is 18.3. The Kier molecular flexibility index (Phi) is 6.40. The van der Waals surface area contributed by atoms with E-state index in [1.165, 1.54) is 6.26 Å². The highest BCUT2D eigenvalue weighted by Gasteiger charge is 2.08. The van der Waals surface area contributed by atoms with Gasteiger partial charge < -0.3 is 14.8 Å². The first-order chi connectivity index (χ1) is 12.1. The summed E-state index contributed by atoms with van der Waals surface area (Å²) in [6.07, 6.45) is 4.49. The van der Waals surface area contributed by atoms with Gasteiger partial charge in [-0.1, -0.05) is 24.8 Å². The number of ether oxygens (including phenoxy) is 2. The van der Waals surface area contributed by atoms with Crippen LogP contribution >= 0.6 is 0 Å². The molecular formula is C21H23NO3. The zero-order valence-electron chi connectivity index (χ0n) is 14.8. The second-order valence-corrected chi connectivity index (χ2v) is 5.67. The molecule has 0 amide bonds. The third-order valence-electron chi connectivity index (χ3n) is 4.03. The number of hydrogen-bond donors (Lipinski definition) is 1. The van der Waals surface area contributed by atoms with Crippen molar-refractivity contribution in [2.75, 3.05) is 12.4 Å². The minimum absolute atomic E-state index is 0.531. The van der Waals surface area contributed by atoms with Crippen molar-refractivity contribution in [1.29, 1.82) is 0 Å². The Hall–Kier alpha value is -3.01. The quantitative estimate of drug-likeness (QED) is 0.435. The number of rotatable bonds is 8. The van der Waals surface area contributed by atoms with Crippen molar-refractivity contribution in [3.8, 4) is 11.5 Å². The van der Waals surface area contributed by atoms with Gasteiger partial charge in [0.15, 0.2) is 0 Å². The van der Waals surface area contributed by atoms with Crippen LogP contribution in [0.3, 0.4) is 0 Å². The Morgan fingerprint density at radius 3 is 2.48 bits per heavy atom. The van der Waals surface area contributed by atoms with Crippen molar-refractivity contribution in [2.24, 2.45) is 0 Å². The van der Waals surface area contributed by atoms with Crippen molar-refractivity contribution < 1.29 is 14.3 Å². The van der Waals surface area contributed by atoms with Crippen molar-refractivity contribution in [3.05, 3.63) is 77.7 Å². The molecule has 0 fully saturated rings. The predicted octanol–water partition coefficient (Wildman–Crippen LogP) is 4.57. The molecule has 1 N–H and O–H groups in total. The molecule has 2 rings (SSSR count). The Labute approximate surface area is 148 Å². The second kappa shape index (κ2) is 8.73. The third-order valence-corrected chi connectivity index (χ3v) is 4.03. The van der Waals surface area contributed by atoms with Crippen LogP contribution in [0.1, 0.15) is 16.7 Å². The zero-order valence-corrected chi connectivity index (χ0v) is 14.8. The minimum atomic E-state index is 0.531. The van der Waals surface area contributed by atoms with E-state index in [-0.39, 0.29) is 0 Å². The predicted molar refractivity (Wildman–Crippen MR) is 101 cm³/mol. The summed E-state index contributed by atoms with van der Waals surface area (Å²) in [7, 11) is 1.63. The van der Waals surface area contributed by atoms with E-state index in [9.17, 15) is 4.79 Å². The van der Waals surface area contributed by atoms with E-state index in [0.29, 0.717) is 17.7 Å². The topological polar surface area (TPSA) is 47.6 Å². The Bertz CT molecular complexity index is 776. The Morgan fingerprint density at radius 1 is 1.16 bits per heavy atom. The lowest BCUT2D eigenvalue weighted by Gasteiger charge is -2.14. The molecule has 0 bridgehead atoms. The molecule has 0 unspecified atom stereocenters. The lowest BCUT2D eigenvalue weighted by Crippen LogP contribution is -2.01. The summed E-state index contributed by atoms with van der Waals surface area (Å²) in [5.41, 5.74) is 4.69. The van der Waals surface area contributed by atoms with Crippen LogP contribution in [0.2, 0.25) is 0 Å². The van der Waals surface area contributed by atoms with Gasteiger partial charge >= 0.3 is 0 Å². The van der Waals surface area contributed by atoms with Crippen LogP contribution in [-0.4, -0.2) is 13.4 Å². The van der Waals surface area contributed by atoms with Crippen molar-refractivity contribution in [1.82, 2.24) is 0 Å². The van der Waals surface area contributed by atoms with Gasteiger partial charge in [0.05, 0.1) is 19.1 Å². The van der Waals surface area contributed by atoms with E-state index in [0.717, 1.165) is 34.4 Å². The SMILES string of the molecule is C=COc1ccc(C)c(C)c1N/C=C(\C=O)Cc1ccc(OC)cc1. The molecule has 0 radical (unpaired) electrons. The van der Waals surface area contributed by atoms with E-state index in [1.807, 2.05) is 50.2 Å². The smallest absolute Gasteiger partial charge is 0.150 e. The molecule has 4 nitrogen and oxygen atoms in total. The molecule has 0 saturated carbocycles. The van der Waals surface area contributed by atoms with Gasteiger partial charge in [-0.25, -0.2) is 0 Å². The maximum Gasteiger partial charge on any atom is 0.150 e. The zero-order chi connectivity index (χ0) is 18.2. The fraction of sp³-hybridized carbons (Fsp3) is 0.190. The standard InChI is InChI=1S/C21H23NO3/c1-5-25-20-11-6-15(2)16(3)21(20)22-13-18(14-23)12-17-7-9-19(24-4)10-8-17/h5-11,13-14,22H,1,12H2,2-4H3/b18-13-. The summed E-state index contributed by atoms with van der Waals surface area (Å²) in [4.78, 5) is 11.4. The number of nitrogens with one attached hydrogen (secondary N) is 1. The van der Waals surface area contributed by atoms with E-state index < -0.39 is 0 Å². The highest BCUT2D eigenvalue weighted by molar-refractivity contribution is 5.76. The summed E-state index contributed by atoms with van der Waals surface area (Å²) in [5, 5.41) is 3.21. The Morgan fingerprint density at radius 2 is 1.88 bits per heavy atom.